The van der Waals surface area contributed by atoms with Gasteiger partial charge in [0.25, 0.3) is 0 Å². The molecule has 0 unspecified atom stereocenters. The van der Waals surface area contributed by atoms with Gasteiger partial charge in [0, 0.05) is 29.4 Å². The predicted octanol–water partition coefficient (Wildman–Crippen LogP) is 2.72. The zero-order valence-corrected chi connectivity index (χ0v) is 10.1. The maximum absolute atomic E-state index is 12.1. The minimum absolute atomic E-state index is 0.136. The Balaban J connectivity index is 2.12. The number of aldehydes is 1. The van der Waals surface area contributed by atoms with Crippen molar-refractivity contribution in [3.63, 3.8) is 0 Å². The van der Waals surface area contributed by atoms with Crippen molar-refractivity contribution < 1.29 is 9.59 Å². The largest absolute Gasteiger partial charge is 0.367 e. The van der Waals surface area contributed by atoms with E-state index in [4.69, 9.17) is 0 Å². The average Bonchev–Trinajstić information content (AvgIpc) is 2.97. The van der Waals surface area contributed by atoms with E-state index in [0.717, 1.165) is 35.9 Å². The van der Waals surface area contributed by atoms with E-state index >= 15 is 0 Å². The summed E-state index contributed by atoms with van der Waals surface area (Å²) in [5.74, 6) is 0.290. The fraction of sp³-hybridized carbons (Fsp3) is 0.286. The minimum atomic E-state index is 0.136. The Morgan fingerprint density at radius 1 is 1.44 bits per heavy atom. The molecule has 2 aromatic rings. The van der Waals surface area contributed by atoms with Crippen LogP contribution in [0.1, 0.15) is 39.3 Å². The number of ketones is 1. The smallest absolute Gasteiger partial charge is 0.182 e. The molecule has 2 heterocycles. The van der Waals surface area contributed by atoms with Crippen molar-refractivity contribution in [3.05, 3.63) is 35.3 Å². The molecular weight excluding hydrogens is 228 g/mol. The summed E-state index contributed by atoms with van der Waals surface area (Å²) in [7, 11) is 0. The van der Waals surface area contributed by atoms with Crippen LogP contribution in [0.2, 0.25) is 0 Å². The summed E-state index contributed by atoms with van der Waals surface area (Å²) in [5, 5.41) is 0. The Labute approximate surface area is 104 Å². The van der Waals surface area contributed by atoms with E-state index in [2.05, 4.69) is 9.97 Å². The molecule has 0 aliphatic heterocycles. The second-order valence-corrected chi connectivity index (χ2v) is 4.77. The predicted molar refractivity (Wildman–Crippen MR) is 67.8 cm³/mol. The molecule has 0 bridgehead atoms. The van der Waals surface area contributed by atoms with Crippen molar-refractivity contribution in [2.24, 2.45) is 5.92 Å². The van der Waals surface area contributed by atoms with Gasteiger partial charge >= 0.3 is 0 Å². The maximum atomic E-state index is 12.1. The Hall–Kier alpha value is -2.10. The first-order chi connectivity index (χ1) is 8.72. The highest BCUT2D eigenvalue weighted by Crippen LogP contribution is 2.35. The van der Waals surface area contributed by atoms with Crippen LogP contribution in [0.4, 0.5) is 0 Å². The number of carbonyl (C=O) groups is 2. The Morgan fingerprint density at radius 2 is 2.22 bits per heavy atom. The van der Waals surface area contributed by atoms with E-state index < -0.39 is 0 Å². The van der Waals surface area contributed by atoms with Crippen molar-refractivity contribution in [2.75, 3.05) is 0 Å². The van der Waals surface area contributed by atoms with Gasteiger partial charge in [0.15, 0.2) is 12.1 Å². The van der Waals surface area contributed by atoms with Crippen LogP contribution in [0.5, 0.6) is 0 Å². The lowest BCUT2D eigenvalue weighted by Gasteiger charge is -1.96. The lowest BCUT2D eigenvalue weighted by molar-refractivity contribution is 0.0963. The first kappa shape index (κ1) is 11.0. The van der Waals surface area contributed by atoms with Crippen LogP contribution in [0.3, 0.4) is 0 Å². The molecule has 1 aliphatic carbocycles. The van der Waals surface area contributed by atoms with Crippen LogP contribution in [-0.2, 0) is 0 Å². The lowest BCUT2D eigenvalue weighted by atomic mass is 10.1. The molecule has 0 atom stereocenters. The van der Waals surface area contributed by atoms with Crippen LogP contribution in [-0.4, -0.2) is 22.0 Å². The SMILES string of the molecule is Cc1c(C(=O)C2CC2)[nH]c(-c2cc[nH]c2)c1C=O. The number of hydrogen-bond acceptors (Lipinski definition) is 2. The topological polar surface area (TPSA) is 65.7 Å². The number of aromatic nitrogens is 2. The summed E-state index contributed by atoms with van der Waals surface area (Å²) in [6, 6.07) is 1.88. The van der Waals surface area contributed by atoms with Crippen LogP contribution < -0.4 is 0 Å². The van der Waals surface area contributed by atoms with E-state index in [1.54, 1.807) is 6.20 Å². The van der Waals surface area contributed by atoms with Crippen molar-refractivity contribution in [2.45, 2.75) is 19.8 Å². The number of carbonyl (C=O) groups excluding carboxylic acids is 2. The van der Waals surface area contributed by atoms with E-state index in [1.165, 1.54) is 0 Å². The van der Waals surface area contributed by atoms with Crippen molar-refractivity contribution in [1.82, 2.24) is 9.97 Å². The Kier molecular flexibility index (Phi) is 2.44. The highest BCUT2D eigenvalue weighted by Gasteiger charge is 2.33. The molecule has 1 fully saturated rings. The van der Waals surface area contributed by atoms with Gasteiger partial charge in [-0.1, -0.05) is 0 Å². The number of aromatic amines is 2. The third kappa shape index (κ3) is 1.61. The van der Waals surface area contributed by atoms with Gasteiger partial charge in [-0.15, -0.1) is 0 Å². The monoisotopic (exact) mass is 242 g/mol. The van der Waals surface area contributed by atoms with Crippen LogP contribution in [0.25, 0.3) is 11.3 Å². The highest BCUT2D eigenvalue weighted by atomic mass is 16.1. The van der Waals surface area contributed by atoms with Gasteiger partial charge in [0.1, 0.15) is 0 Å². The molecule has 4 nitrogen and oxygen atoms in total. The van der Waals surface area contributed by atoms with Crippen molar-refractivity contribution in [1.29, 1.82) is 0 Å². The van der Waals surface area contributed by atoms with Gasteiger partial charge in [-0.25, -0.2) is 0 Å². The lowest BCUT2D eigenvalue weighted by Crippen LogP contribution is -2.03. The molecule has 1 aliphatic rings. The second kappa shape index (κ2) is 3.98. The van der Waals surface area contributed by atoms with Gasteiger partial charge in [-0.05, 0) is 31.4 Å². The first-order valence-corrected chi connectivity index (χ1v) is 6.07. The maximum Gasteiger partial charge on any atom is 0.182 e. The molecule has 2 N–H and O–H groups in total. The normalized spacial score (nSPS) is 14.7. The third-order valence-electron chi connectivity index (χ3n) is 3.50. The zero-order valence-electron chi connectivity index (χ0n) is 10.1. The number of hydrogen-bond donors (Lipinski definition) is 2. The summed E-state index contributed by atoms with van der Waals surface area (Å²) in [6.45, 7) is 1.83. The third-order valence-corrected chi connectivity index (χ3v) is 3.50. The minimum Gasteiger partial charge on any atom is -0.367 e. The van der Waals surface area contributed by atoms with Gasteiger partial charge in [0.05, 0.1) is 11.4 Å². The Morgan fingerprint density at radius 3 is 2.78 bits per heavy atom. The van der Waals surface area contributed by atoms with Gasteiger partial charge in [0.2, 0.25) is 0 Å². The molecular formula is C14H14N2O2. The van der Waals surface area contributed by atoms with Crippen LogP contribution in [0, 0.1) is 12.8 Å². The summed E-state index contributed by atoms with van der Waals surface area (Å²) in [4.78, 5) is 29.4. The summed E-state index contributed by atoms with van der Waals surface area (Å²) in [6.07, 6.45) is 6.35. The number of Topliss-reactive ketones (excluding diaryl/α,β-unsaturated/α-hetero) is 1. The summed E-state index contributed by atoms with van der Waals surface area (Å²) < 4.78 is 0. The Bertz CT molecular complexity index is 604. The number of rotatable bonds is 4. The molecule has 92 valence electrons. The molecule has 4 heteroatoms. The average molecular weight is 242 g/mol. The molecule has 2 aromatic heterocycles. The van der Waals surface area contributed by atoms with E-state index in [9.17, 15) is 9.59 Å². The zero-order chi connectivity index (χ0) is 12.7. The van der Waals surface area contributed by atoms with E-state index in [-0.39, 0.29) is 11.7 Å². The number of H-pyrrole nitrogens is 2. The number of nitrogens with one attached hydrogen (secondary N) is 2. The van der Waals surface area contributed by atoms with Gasteiger partial charge < -0.3 is 9.97 Å². The second-order valence-electron chi connectivity index (χ2n) is 4.77. The fourth-order valence-corrected chi connectivity index (χ4v) is 2.26. The van der Waals surface area contributed by atoms with Crippen LogP contribution >= 0.6 is 0 Å². The van der Waals surface area contributed by atoms with Gasteiger partial charge in [-0.2, -0.15) is 0 Å². The standard InChI is InChI=1S/C14H14N2O2/c1-8-11(7-17)13(10-4-5-15-6-10)16-12(8)14(18)9-2-3-9/h4-7,9,15-16H,2-3H2,1H3. The van der Waals surface area contributed by atoms with Crippen LogP contribution in [0.15, 0.2) is 18.5 Å². The van der Waals surface area contributed by atoms with Gasteiger partial charge in [-0.3, -0.25) is 9.59 Å². The van der Waals surface area contributed by atoms with E-state index in [0.29, 0.717) is 11.3 Å². The highest BCUT2D eigenvalue weighted by molar-refractivity contribution is 6.03. The summed E-state index contributed by atoms with van der Waals surface area (Å²) in [5.41, 5.74) is 3.57. The van der Waals surface area contributed by atoms with E-state index in [1.807, 2.05) is 19.2 Å². The fourth-order valence-electron chi connectivity index (χ4n) is 2.26. The molecule has 0 radical (unpaired) electrons. The molecule has 0 amide bonds. The quantitative estimate of drug-likeness (QED) is 0.639. The molecule has 1 saturated carbocycles. The molecule has 0 spiro atoms. The van der Waals surface area contributed by atoms with Crippen molar-refractivity contribution >= 4 is 12.1 Å². The molecule has 18 heavy (non-hydrogen) atoms. The molecule has 0 aromatic carbocycles. The molecule has 0 saturated heterocycles. The first-order valence-electron chi connectivity index (χ1n) is 6.07. The summed E-state index contributed by atoms with van der Waals surface area (Å²) >= 11 is 0. The molecule has 3 rings (SSSR count). The van der Waals surface area contributed by atoms with Crippen molar-refractivity contribution in [3.8, 4) is 11.3 Å².